The summed E-state index contributed by atoms with van der Waals surface area (Å²) < 4.78 is 5.17. The van der Waals surface area contributed by atoms with Gasteiger partial charge in [0.2, 0.25) is 0 Å². The number of halogens is 1. The quantitative estimate of drug-likeness (QED) is 0.565. The molecule has 2 aromatic rings. The molecule has 1 aliphatic carbocycles. The first-order valence-corrected chi connectivity index (χ1v) is 9.11. The van der Waals surface area contributed by atoms with Crippen LogP contribution in [0.5, 0.6) is 0 Å². The van der Waals surface area contributed by atoms with Crippen LogP contribution in [-0.2, 0) is 14.3 Å². The maximum absolute atomic E-state index is 12.8. The SMILES string of the molecule is CCOC(=O)[C@@H]1C(=O)C=C(c2ccc(C)cc2)C[C@H]1c1ccc(Cl)cc1. The number of allylic oxidation sites excluding steroid dienone is 2. The van der Waals surface area contributed by atoms with Crippen LogP contribution in [-0.4, -0.2) is 18.4 Å². The molecule has 0 N–H and O–H groups in total. The van der Waals surface area contributed by atoms with Gasteiger partial charge in [0.1, 0.15) is 5.92 Å². The van der Waals surface area contributed by atoms with Gasteiger partial charge in [-0.1, -0.05) is 53.6 Å². The molecule has 2 aromatic carbocycles. The van der Waals surface area contributed by atoms with E-state index in [0.29, 0.717) is 11.4 Å². The third-order valence-electron chi connectivity index (χ3n) is 4.73. The van der Waals surface area contributed by atoms with Crippen molar-refractivity contribution < 1.29 is 14.3 Å². The molecule has 0 saturated heterocycles. The number of ether oxygens (including phenoxy) is 1. The van der Waals surface area contributed by atoms with Crippen LogP contribution >= 0.6 is 11.6 Å². The number of rotatable bonds is 4. The smallest absolute Gasteiger partial charge is 0.317 e. The second-order valence-corrected chi connectivity index (χ2v) is 6.97. The van der Waals surface area contributed by atoms with Gasteiger partial charge < -0.3 is 4.74 Å². The number of esters is 1. The van der Waals surface area contributed by atoms with E-state index in [1.807, 2.05) is 43.3 Å². The van der Waals surface area contributed by atoms with Gasteiger partial charge in [0.15, 0.2) is 5.78 Å². The van der Waals surface area contributed by atoms with Gasteiger partial charge in [-0.3, -0.25) is 9.59 Å². The van der Waals surface area contributed by atoms with Crippen LogP contribution in [0.1, 0.15) is 36.0 Å². The molecule has 4 heteroatoms. The van der Waals surface area contributed by atoms with Crippen molar-refractivity contribution in [1.29, 1.82) is 0 Å². The van der Waals surface area contributed by atoms with Crippen molar-refractivity contribution in [3.63, 3.8) is 0 Å². The van der Waals surface area contributed by atoms with Crippen LogP contribution < -0.4 is 0 Å². The topological polar surface area (TPSA) is 43.4 Å². The minimum absolute atomic E-state index is 0.203. The minimum atomic E-state index is -0.815. The molecule has 3 nitrogen and oxygen atoms in total. The lowest BCUT2D eigenvalue weighted by molar-refractivity contribution is -0.151. The third-order valence-corrected chi connectivity index (χ3v) is 4.98. The van der Waals surface area contributed by atoms with E-state index < -0.39 is 11.9 Å². The van der Waals surface area contributed by atoms with Crippen molar-refractivity contribution in [2.75, 3.05) is 6.61 Å². The van der Waals surface area contributed by atoms with Crippen LogP contribution in [0.2, 0.25) is 5.02 Å². The molecule has 0 amide bonds. The van der Waals surface area contributed by atoms with Crippen molar-refractivity contribution in [2.24, 2.45) is 5.92 Å². The average molecular weight is 369 g/mol. The van der Waals surface area contributed by atoms with Gasteiger partial charge in [0, 0.05) is 10.9 Å². The summed E-state index contributed by atoms with van der Waals surface area (Å²) in [7, 11) is 0. The van der Waals surface area contributed by atoms with Gasteiger partial charge in [-0.2, -0.15) is 0 Å². The summed E-state index contributed by atoms with van der Waals surface area (Å²) in [5, 5.41) is 0.623. The fraction of sp³-hybridized carbons (Fsp3) is 0.273. The highest BCUT2D eigenvalue weighted by atomic mass is 35.5. The van der Waals surface area contributed by atoms with Gasteiger partial charge in [0.05, 0.1) is 6.61 Å². The Bertz CT molecular complexity index is 835. The number of aryl methyl sites for hydroxylation is 1. The predicted octanol–water partition coefficient (Wildman–Crippen LogP) is 4.97. The van der Waals surface area contributed by atoms with Gasteiger partial charge in [-0.15, -0.1) is 0 Å². The molecular weight excluding hydrogens is 348 g/mol. The number of hydrogen-bond donors (Lipinski definition) is 0. The summed E-state index contributed by atoms with van der Waals surface area (Å²) in [5.41, 5.74) is 4.02. The Morgan fingerprint density at radius 3 is 2.38 bits per heavy atom. The highest BCUT2D eigenvalue weighted by Gasteiger charge is 2.39. The average Bonchev–Trinajstić information content (AvgIpc) is 2.62. The first-order valence-electron chi connectivity index (χ1n) is 8.73. The monoisotopic (exact) mass is 368 g/mol. The molecule has 0 spiro atoms. The van der Waals surface area contributed by atoms with E-state index in [4.69, 9.17) is 16.3 Å². The third kappa shape index (κ3) is 3.88. The summed E-state index contributed by atoms with van der Waals surface area (Å²) in [6, 6.07) is 15.4. The minimum Gasteiger partial charge on any atom is -0.465 e. The Balaban J connectivity index is 2.01. The molecular formula is C22H21ClO3. The van der Waals surface area contributed by atoms with E-state index in [1.165, 1.54) is 0 Å². The van der Waals surface area contributed by atoms with Crippen molar-refractivity contribution in [3.8, 4) is 0 Å². The lowest BCUT2D eigenvalue weighted by atomic mass is 9.73. The zero-order valence-corrected chi connectivity index (χ0v) is 15.6. The van der Waals surface area contributed by atoms with Gasteiger partial charge >= 0.3 is 5.97 Å². The van der Waals surface area contributed by atoms with Crippen molar-refractivity contribution >= 4 is 28.9 Å². The van der Waals surface area contributed by atoms with Crippen molar-refractivity contribution in [3.05, 3.63) is 76.3 Å². The summed E-state index contributed by atoms with van der Waals surface area (Å²) in [6.07, 6.45) is 2.19. The normalized spacial score (nSPS) is 19.8. The molecule has 1 aliphatic rings. The second-order valence-electron chi connectivity index (χ2n) is 6.53. The molecule has 0 aromatic heterocycles. The Morgan fingerprint density at radius 2 is 1.77 bits per heavy atom. The van der Waals surface area contributed by atoms with E-state index in [9.17, 15) is 9.59 Å². The maximum Gasteiger partial charge on any atom is 0.317 e. The van der Waals surface area contributed by atoms with E-state index in [2.05, 4.69) is 0 Å². The number of benzene rings is 2. The van der Waals surface area contributed by atoms with Gasteiger partial charge in [-0.05, 0) is 55.2 Å². The summed E-state index contributed by atoms with van der Waals surface area (Å²) >= 11 is 6.00. The molecule has 0 heterocycles. The summed E-state index contributed by atoms with van der Waals surface area (Å²) in [4.78, 5) is 25.3. The Labute approximate surface area is 158 Å². The number of carbonyl (C=O) groups is 2. The Hall–Kier alpha value is -2.39. The molecule has 0 aliphatic heterocycles. The van der Waals surface area contributed by atoms with E-state index in [0.717, 1.165) is 22.3 Å². The zero-order valence-electron chi connectivity index (χ0n) is 14.9. The predicted molar refractivity (Wildman–Crippen MR) is 103 cm³/mol. The molecule has 26 heavy (non-hydrogen) atoms. The zero-order chi connectivity index (χ0) is 18.7. The fourth-order valence-electron chi connectivity index (χ4n) is 3.38. The Morgan fingerprint density at radius 1 is 1.12 bits per heavy atom. The van der Waals surface area contributed by atoms with E-state index in [-0.39, 0.29) is 18.3 Å². The lowest BCUT2D eigenvalue weighted by Crippen LogP contribution is -2.34. The largest absolute Gasteiger partial charge is 0.465 e. The van der Waals surface area contributed by atoms with Gasteiger partial charge in [0.25, 0.3) is 0 Å². The molecule has 0 saturated carbocycles. The molecule has 3 rings (SSSR count). The molecule has 0 radical (unpaired) electrons. The molecule has 0 unspecified atom stereocenters. The lowest BCUT2D eigenvalue weighted by Gasteiger charge is -2.29. The molecule has 2 atom stereocenters. The van der Waals surface area contributed by atoms with Gasteiger partial charge in [-0.25, -0.2) is 0 Å². The number of ketones is 1. The highest BCUT2D eigenvalue weighted by Crippen LogP contribution is 2.40. The van der Waals surface area contributed by atoms with Crippen LogP contribution in [0.3, 0.4) is 0 Å². The number of hydrogen-bond acceptors (Lipinski definition) is 3. The van der Waals surface area contributed by atoms with Crippen LogP contribution in [0.15, 0.2) is 54.6 Å². The Kier molecular flexibility index (Phi) is 5.58. The van der Waals surface area contributed by atoms with E-state index in [1.54, 1.807) is 25.1 Å². The van der Waals surface area contributed by atoms with Crippen molar-refractivity contribution in [1.82, 2.24) is 0 Å². The second kappa shape index (κ2) is 7.88. The molecule has 0 fully saturated rings. The van der Waals surface area contributed by atoms with Crippen LogP contribution in [0, 0.1) is 12.8 Å². The van der Waals surface area contributed by atoms with E-state index >= 15 is 0 Å². The van der Waals surface area contributed by atoms with Crippen LogP contribution in [0.4, 0.5) is 0 Å². The standard InChI is InChI=1S/C22H21ClO3/c1-3-26-22(25)21-19(16-8-10-18(23)11-9-16)12-17(13-20(21)24)15-6-4-14(2)5-7-15/h4-11,13,19,21H,3,12H2,1-2H3/t19-,21-/m0/s1. The molecule has 0 bridgehead atoms. The fourth-order valence-corrected chi connectivity index (χ4v) is 3.50. The first kappa shape index (κ1) is 18.4. The number of carbonyl (C=O) groups excluding carboxylic acids is 2. The molecule has 134 valence electrons. The summed E-state index contributed by atoms with van der Waals surface area (Å²) in [5.74, 6) is -1.74. The summed E-state index contributed by atoms with van der Waals surface area (Å²) in [6.45, 7) is 4.03. The van der Waals surface area contributed by atoms with Crippen LogP contribution in [0.25, 0.3) is 5.57 Å². The maximum atomic E-state index is 12.8. The first-order chi connectivity index (χ1) is 12.5. The highest BCUT2D eigenvalue weighted by molar-refractivity contribution is 6.30. The van der Waals surface area contributed by atoms with Crippen molar-refractivity contribution in [2.45, 2.75) is 26.2 Å².